The van der Waals surface area contributed by atoms with Crippen LogP contribution in [0, 0.1) is 10.1 Å². The Labute approximate surface area is 143 Å². The summed E-state index contributed by atoms with van der Waals surface area (Å²) in [5.74, 6) is 0. The zero-order chi connectivity index (χ0) is 17.5. The molecule has 24 heavy (non-hydrogen) atoms. The van der Waals surface area contributed by atoms with E-state index in [2.05, 4.69) is 10.6 Å². The van der Waals surface area contributed by atoms with Crippen LogP contribution < -0.4 is 10.6 Å². The van der Waals surface area contributed by atoms with E-state index < -0.39 is 11.0 Å². The minimum absolute atomic E-state index is 0.00304. The van der Waals surface area contributed by atoms with Crippen molar-refractivity contribution in [1.82, 2.24) is 5.32 Å². The number of nitrogens with zero attached hydrogens (tertiary/aromatic N) is 1. The molecule has 0 radical (unpaired) electrons. The number of aliphatic hydroxyl groups is 1. The van der Waals surface area contributed by atoms with Gasteiger partial charge >= 0.3 is 6.03 Å². The lowest BCUT2D eigenvalue weighted by Crippen LogP contribution is -2.30. The number of anilines is 1. The van der Waals surface area contributed by atoms with Crippen LogP contribution in [-0.2, 0) is 13.0 Å². The van der Waals surface area contributed by atoms with Crippen LogP contribution in [0.1, 0.15) is 11.1 Å². The smallest absolute Gasteiger partial charge is 0.319 e. The van der Waals surface area contributed by atoms with Gasteiger partial charge in [-0.1, -0.05) is 35.9 Å². The molecular formula is C16H16ClN3O4. The third-order valence-corrected chi connectivity index (χ3v) is 3.63. The number of halogens is 1. The molecule has 2 aromatic carbocycles. The maximum atomic E-state index is 11.8. The van der Waals surface area contributed by atoms with E-state index in [-0.39, 0.29) is 17.3 Å². The second kappa shape index (κ2) is 8.28. The number of urea groups is 1. The van der Waals surface area contributed by atoms with Crippen LogP contribution in [0.4, 0.5) is 16.2 Å². The lowest BCUT2D eigenvalue weighted by atomic mass is 10.1. The van der Waals surface area contributed by atoms with E-state index in [0.717, 1.165) is 11.1 Å². The van der Waals surface area contributed by atoms with Gasteiger partial charge < -0.3 is 15.7 Å². The topological polar surface area (TPSA) is 104 Å². The Hall–Kier alpha value is -2.64. The third-order valence-electron chi connectivity index (χ3n) is 3.32. The van der Waals surface area contributed by atoms with Crippen LogP contribution in [0.5, 0.6) is 0 Å². The summed E-state index contributed by atoms with van der Waals surface area (Å²) in [7, 11) is 0. The van der Waals surface area contributed by atoms with Gasteiger partial charge in [0.2, 0.25) is 0 Å². The molecule has 2 rings (SSSR count). The van der Waals surface area contributed by atoms with Crippen molar-refractivity contribution >= 4 is 29.0 Å². The molecular weight excluding hydrogens is 334 g/mol. The number of carbonyl (C=O) groups is 1. The van der Waals surface area contributed by atoms with Gasteiger partial charge in [0.1, 0.15) is 0 Å². The Morgan fingerprint density at radius 1 is 1.17 bits per heavy atom. The Morgan fingerprint density at radius 2 is 1.83 bits per heavy atom. The van der Waals surface area contributed by atoms with E-state index in [0.29, 0.717) is 18.7 Å². The second-order valence-corrected chi connectivity index (χ2v) is 5.43. The molecule has 0 aliphatic rings. The van der Waals surface area contributed by atoms with Gasteiger partial charge in [0.25, 0.3) is 5.69 Å². The number of nitro groups is 1. The van der Waals surface area contributed by atoms with Crippen LogP contribution in [0.3, 0.4) is 0 Å². The summed E-state index contributed by atoms with van der Waals surface area (Å²) in [4.78, 5) is 21.9. The van der Waals surface area contributed by atoms with E-state index >= 15 is 0 Å². The fourth-order valence-electron chi connectivity index (χ4n) is 2.02. The van der Waals surface area contributed by atoms with Gasteiger partial charge in [-0.3, -0.25) is 10.1 Å². The van der Waals surface area contributed by atoms with E-state index in [1.54, 1.807) is 0 Å². The van der Waals surface area contributed by atoms with Crippen molar-refractivity contribution in [2.75, 3.05) is 11.9 Å². The first-order valence-corrected chi connectivity index (χ1v) is 7.55. The summed E-state index contributed by atoms with van der Waals surface area (Å²) < 4.78 is 0. The number of nitro benzene ring substituents is 1. The lowest BCUT2D eigenvalue weighted by Gasteiger charge is -2.09. The van der Waals surface area contributed by atoms with Crippen LogP contribution in [0.15, 0.2) is 42.5 Å². The Morgan fingerprint density at radius 3 is 2.42 bits per heavy atom. The fourth-order valence-corrected chi connectivity index (χ4v) is 2.24. The van der Waals surface area contributed by atoms with Crippen molar-refractivity contribution in [3.05, 3.63) is 68.7 Å². The van der Waals surface area contributed by atoms with Crippen molar-refractivity contribution in [3.8, 4) is 0 Å². The number of hydrogen-bond donors (Lipinski definition) is 3. The summed E-state index contributed by atoms with van der Waals surface area (Å²) in [6.07, 6.45) is 0.632. The highest BCUT2D eigenvalue weighted by Gasteiger charge is 2.11. The summed E-state index contributed by atoms with van der Waals surface area (Å²) in [6.45, 7) is 0.409. The predicted octanol–water partition coefficient (Wildman–Crippen LogP) is 3.10. The maximum absolute atomic E-state index is 11.8. The molecule has 2 aromatic rings. The average Bonchev–Trinajstić information content (AvgIpc) is 2.57. The largest absolute Gasteiger partial charge is 0.392 e. The predicted molar refractivity (Wildman–Crippen MR) is 91.2 cm³/mol. The first-order valence-electron chi connectivity index (χ1n) is 7.17. The van der Waals surface area contributed by atoms with Crippen molar-refractivity contribution in [1.29, 1.82) is 0 Å². The highest BCUT2D eigenvalue weighted by atomic mass is 35.5. The highest BCUT2D eigenvalue weighted by Crippen LogP contribution is 2.26. The number of aliphatic hydroxyl groups excluding tert-OH is 1. The maximum Gasteiger partial charge on any atom is 0.319 e. The van der Waals surface area contributed by atoms with E-state index in [4.69, 9.17) is 16.7 Å². The molecule has 0 aliphatic heterocycles. The zero-order valence-electron chi connectivity index (χ0n) is 12.7. The quantitative estimate of drug-likeness (QED) is 0.550. The SMILES string of the molecule is O=C(NCCc1ccc(CO)cc1)Nc1ccc([N+](=O)[O-])cc1Cl. The first kappa shape index (κ1) is 17.7. The summed E-state index contributed by atoms with van der Waals surface area (Å²) >= 11 is 5.91. The van der Waals surface area contributed by atoms with Crippen LogP contribution in [0.2, 0.25) is 5.02 Å². The van der Waals surface area contributed by atoms with Gasteiger partial charge in [-0.2, -0.15) is 0 Å². The fraction of sp³-hybridized carbons (Fsp3) is 0.188. The van der Waals surface area contributed by atoms with Gasteiger partial charge in [-0.15, -0.1) is 0 Å². The highest BCUT2D eigenvalue weighted by molar-refractivity contribution is 6.33. The number of hydrogen-bond acceptors (Lipinski definition) is 4. The molecule has 8 heteroatoms. The summed E-state index contributed by atoms with van der Waals surface area (Å²) in [6, 6.07) is 10.8. The van der Waals surface area contributed by atoms with Crippen LogP contribution in [0.25, 0.3) is 0 Å². The molecule has 3 N–H and O–H groups in total. The molecule has 2 amide bonds. The van der Waals surface area contributed by atoms with Gasteiger partial charge in [0.15, 0.2) is 0 Å². The number of non-ortho nitro benzene ring substituents is 1. The van der Waals surface area contributed by atoms with Crippen LogP contribution in [-0.4, -0.2) is 22.6 Å². The van der Waals surface area contributed by atoms with Crippen molar-refractivity contribution in [2.45, 2.75) is 13.0 Å². The van der Waals surface area contributed by atoms with Crippen molar-refractivity contribution < 1.29 is 14.8 Å². The molecule has 126 valence electrons. The minimum Gasteiger partial charge on any atom is -0.392 e. The number of amides is 2. The van der Waals surface area contributed by atoms with E-state index in [1.165, 1.54) is 18.2 Å². The standard InChI is InChI=1S/C16H16ClN3O4/c17-14-9-13(20(23)24)5-6-15(14)19-16(22)18-8-7-11-1-3-12(10-21)4-2-11/h1-6,9,21H,7-8,10H2,(H2,18,19,22). The summed E-state index contributed by atoms with van der Waals surface area (Å²) in [5, 5.41) is 24.9. The molecule has 0 unspecified atom stereocenters. The summed E-state index contributed by atoms with van der Waals surface area (Å²) in [5.41, 5.74) is 2.02. The van der Waals surface area contributed by atoms with Crippen molar-refractivity contribution in [3.63, 3.8) is 0 Å². The molecule has 0 bridgehead atoms. The van der Waals surface area contributed by atoms with Crippen LogP contribution >= 0.6 is 11.6 Å². The van der Waals surface area contributed by atoms with Gasteiger partial charge in [0.05, 0.1) is 22.2 Å². The van der Waals surface area contributed by atoms with Gasteiger partial charge in [-0.05, 0) is 23.6 Å². The molecule has 0 atom stereocenters. The van der Waals surface area contributed by atoms with Gasteiger partial charge in [-0.25, -0.2) is 4.79 Å². The molecule has 0 fully saturated rings. The molecule has 7 nitrogen and oxygen atoms in total. The van der Waals surface area contributed by atoms with Crippen molar-refractivity contribution in [2.24, 2.45) is 0 Å². The van der Waals surface area contributed by atoms with E-state index in [9.17, 15) is 14.9 Å². The molecule has 0 spiro atoms. The molecule has 0 aliphatic carbocycles. The van der Waals surface area contributed by atoms with Gasteiger partial charge in [0, 0.05) is 18.7 Å². The monoisotopic (exact) mass is 349 g/mol. The number of benzene rings is 2. The lowest BCUT2D eigenvalue weighted by molar-refractivity contribution is -0.384. The molecule has 0 heterocycles. The normalized spacial score (nSPS) is 10.2. The average molecular weight is 350 g/mol. The number of nitrogens with one attached hydrogen (secondary N) is 2. The Balaban J connectivity index is 1.83. The third kappa shape index (κ3) is 4.94. The Bertz CT molecular complexity index is 735. The Kier molecular flexibility index (Phi) is 6.11. The second-order valence-electron chi connectivity index (χ2n) is 5.03. The van der Waals surface area contributed by atoms with E-state index in [1.807, 2.05) is 24.3 Å². The molecule has 0 saturated heterocycles. The first-order chi connectivity index (χ1) is 11.5. The number of carbonyl (C=O) groups excluding carboxylic acids is 1. The molecule has 0 aromatic heterocycles. The number of rotatable bonds is 6. The zero-order valence-corrected chi connectivity index (χ0v) is 13.4. The minimum atomic E-state index is -0.558. The molecule has 0 saturated carbocycles.